The summed E-state index contributed by atoms with van der Waals surface area (Å²) >= 11 is 9.32. The van der Waals surface area contributed by atoms with Crippen LogP contribution in [0.4, 0.5) is 0 Å². The van der Waals surface area contributed by atoms with Gasteiger partial charge in [0.1, 0.15) is 0 Å². The third-order valence-electron chi connectivity index (χ3n) is 3.86. The number of carbonyl (C=O) groups is 1. The molecule has 104 valence electrons. The van der Waals surface area contributed by atoms with Crippen LogP contribution in [0.5, 0.6) is 0 Å². The first-order chi connectivity index (χ1) is 8.98. The first kappa shape index (κ1) is 14.9. The highest BCUT2D eigenvalue weighted by molar-refractivity contribution is 9.10. The number of hydrogen-bond donors (Lipinski definition) is 1. The van der Waals surface area contributed by atoms with Crippen LogP contribution >= 0.6 is 27.5 Å². The van der Waals surface area contributed by atoms with Gasteiger partial charge in [0.15, 0.2) is 0 Å². The Morgan fingerprint density at radius 2 is 2.00 bits per heavy atom. The van der Waals surface area contributed by atoms with Gasteiger partial charge < -0.3 is 5.32 Å². The van der Waals surface area contributed by atoms with Gasteiger partial charge in [-0.05, 0) is 36.5 Å². The van der Waals surface area contributed by atoms with E-state index in [4.69, 9.17) is 11.6 Å². The van der Waals surface area contributed by atoms with E-state index in [9.17, 15) is 4.79 Å². The number of nitrogens with one attached hydrogen (secondary N) is 1. The highest BCUT2D eigenvalue weighted by atomic mass is 79.9. The fourth-order valence-electron chi connectivity index (χ4n) is 2.66. The number of hydrogen-bond acceptors (Lipinski definition) is 1. The molecule has 1 aromatic rings. The molecule has 0 atom stereocenters. The Bertz CT molecular complexity index is 449. The van der Waals surface area contributed by atoms with Gasteiger partial charge in [0.25, 0.3) is 5.91 Å². The van der Waals surface area contributed by atoms with E-state index >= 15 is 0 Å². The van der Waals surface area contributed by atoms with Crippen molar-refractivity contribution in [3.05, 3.63) is 33.3 Å². The summed E-state index contributed by atoms with van der Waals surface area (Å²) in [7, 11) is 0. The van der Waals surface area contributed by atoms with Gasteiger partial charge in [0.2, 0.25) is 0 Å². The van der Waals surface area contributed by atoms with Gasteiger partial charge in [-0.1, -0.05) is 53.7 Å². The average Bonchev–Trinajstić information content (AvgIpc) is 2.36. The minimum absolute atomic E-state index is 0.0463. The van der Waals surface area contributed by atoms with Crippen LogP contribution in [-0.4, -0.2) is 12.5 Å². The smallest absolute Gasteiger partial charge is 0.251 e. The highest BCUT2D eigenvalue weighted by Gasteiger charge is 2.27. The van der Waals surface area contributed by atoms with Gasteiger partial charge in [0.05, 0.1) is 0 Å². The van der Waals surface area contributed by atoms with Crippen LogP contribution in [0, 0.1) is 5.41 Å². The number of halogens is 2. The molecule has 1 saturated carbocycles. The molecule has 0 heterocycles. The number of benzene rings is 1. The maximum atomic E-state index is 12.1. The molecule has 19 heavy (non-hydrogen) atoms. The monoisotopic (exact) mass is 343 g/mol. The second-order valence-electron chi connectivity index (χ2n) is 5.71. The van der Waals surface area contributed by atoms with E-state index in [0.29, 0.717) is 10.6 Å². The molecule has 1 fully saturated rings. The Balaban J connectivity index is 1.97. The molecule has 1 aliphatic rings. The molecule has 1 amide bonds. The predicted molar refractivity (Wildman–Crippen MR) is 82.7 cm³/mol. The second-order valence-corrected chi connectivity index (χ2v) is 7.06. The zero-order valence-corrected chi connectivity index (χ0v) is 13.5. The van der Waals surface area contributed by atoms with E-state index in [1.807, 2.05) is 0 Å². The summed E-state index contributed by atoms with van der Waals surface area (Å²) in [4.78, 5) is 12.1. The Hall–Kier alpha value is -0.540. The SMILES string of the molecule is CC1(CNC(=O)c2cc(Cl)cc(Br)c2)CCCCC1. The molecule has 0 unspecified atom stereocenters. The van der Waals surface area contributed by atoms with Crippen LogP contribution < -0.4 is 5.32 Å². The Labute approximate surface area is 128 Å². The van der Waals surface area contributed by atoms with Gasteiger partial charge in [-0.25, -0.2) is 0 Å². The van der Waals surface area contributed by atoms with Crippen molar-refractivity contribution in [1.29, 1.82) is 0 Å². The topological polar surface area (TPSA) is 29.1 Å². The van der Waals surface area contributed by atoms with Crippen molar-refractivity contribution in [2.24, 2.45) is 5.41 Å². The molecule has 0 radical (unpaired) electrons. The van der Waals surface area contributed by atoms with E-state index in [0.717, 1.165) is 11.0 Å². The minimum Gasteiger partial charge on any atom is -0.351 e. The molecule has 0 spiro atoms. The molecule has 0 aliphatic heterocycles. The number of rotatable bonds is 3. The third kappa shape index (κ3) is 4.22. The molecular formula is C15H19BrClNO. The second kappa shape index (κ2) is 6.27. The predicted octanol–water partition coefficient (Wildman–Crippen LogP) is 4.80. The van der Waals surface area contributed by atoms with Crippen LogP contribution in [0.1, 0.15) is 49.4 Å². The van der Waals surface area contributed by atoms with E-state index in [2.05, 4.69) is 28.2 Å². The van der Waals surface area contributed by atoms with E-state index in [1.54, 1.807) is 18.2 Å². The van der Waals surface area contributed by atoms with Gasteiger partial charge in [-0.3, -0.25) is 4.79 Å². The quantitative estimate of drug-likeness (QED) is 0.838. The van der Waals surface area contributed by atoms with Crippen molar-refractivity contribution in [3.8, 4) is 0 Å². The lowest BCUT2D eigenvalue weighted by atomic mass is 9.76. The minimum atomic E-state index is -0.0463. The molecular weight excluding hydrogens is 326 g/mol. The van der Waals surface area contributed by atoms with Gasteiger partial charge in [-0.15, -0.1) is 0 Å². The molecule has 0 bridgehead atoms. The molecule has 4 heteroatoms. The van der Waals surface area contributed by atoms with Gasteiger partial charge >= 0.3 is 0 Å². The van der Waals surface area contributed by atoms with Gasteiger partial charge in [-0.2, -0.15) is 0 Å². The van der Waals surface area contributed by atoms with Crippen molar-refractivity contribution < 1.29 is 4.79 Å². The molecule has 1 aliphatic carbocycles. The fourth-order valence-corrected chi connectivity index (χ4v) is 3.52. The molecule has 2 nitrogen and oxygen atoms in total. The lowest BCUT2D eigenvalue weighted by molar-refractivity contribution is 0.0919. The van der Waals surface area contributed by atoms with Crippen molar-refractivity contribution >= 4 is 33.4 Å². The summed E-state index contributed by atoms with van der Waals surface area (Å²) in [5, 5.41) is 3.62. The lowest BCUT2D eigenvalue weighted by Gasteiger charge is -2.33. The van der Waals surface area contributed by atoms with Crippen LogP contribution in [-0.2, 0) is 0 Å². The van der Waals surface area contributed by atoms with Crippen molar-refractivity contribution in [1.82, 2.24) is 5.32 Å². The molecule has 2 rings (SSSR count). The Kier molecular flexibility index (Phi) is 4.91. The summed E-state index contributed by atoms with van der Waals surface area (Å²) in [6, 6.07) is 5.27. The first-order valence-electron chi connectivity index (χ1n) is 6.73. The first-order valence-corrected chi connectivity index (χ1v) is 7.90. The summed E-state index contributed by atoms with van der Waals surface area (Å²) in [5.41, 5.74) is 0.864. The Morgan fingerprint density at radius 3 is 2.63 bits per heavy atom. The summed E-state index contributed by atoms with van der Waals surface area (Å²) in [6.07, 6.45) is 6.27. The van der Waals surface area contributed by atoms with Crippen molar-refractivity contribution in [2.75, 3.05) is 6.54 Å². The summed E-state index contributed by atoms with van der Waals surface area (Å²) < 4.78 is 0.828. The zero-order chi connectivity index (χ0) is 13.9. The van der Waals surface area contributed by atoms with Crippen molar-refractivity contribution in [2.45, 2.75) is 39.0 Å². The normalized spacial score (nSPS) is 18.1. The highest BCUT2D eigenvalue weighted by Crippen LogP contribution is 2.35. The molecule has 0 saturated heterocycles. The molecule has 1 aromatic carbocycles. The summed E-state index contributed by atoms with van der Waals surface area (Å²) in [6.45, 7) is 3.01. The number of amides is 1. The van der Waals surface area contributed by atoms with E-state index in [-0.39, 0.29) is 11.3 Å². The zero-order valence-electron chi connectivity index (χ0n) is 11.1. The van der Waals surface area contributed by atoms with Crippen molar-refractivity contribution in [3.63, 3.8) is 0 Å². The maximum absolute atomic E-state index is 12.1. The number of carbonyl (C=O) groups excluding carboxylic acids is 1. The lowest BCUT2D eigenvalue weighted by Crippen LogP contribution is -2.37. The molecule has 1 N–H and O–H groups in total. The fraction of sp³-hybridized carbons (Fsp3) is 0.533. The van der Waals surface area contributed by atoms with Gasteiger partial charge in [0, 0.05) is 21.6 Å². The average molecular weight is 345 g/mol. The van der Waals surface area contributed by atoms with Crippen LogP contribution in [0.25, 0.3) is 0 Å². The van der Waals surface area contributed by atoms with Crippen LogP contribution in [0.15, 0.2) is 22.7 Å². The Morgan fingerprint density at radius 1 is 1.32 bits per heavy atom. The van der Waals surface area contributed by atoms with Crippen LogP contribution in [0.3, 0.4) is 0 Å². The third-order valence-corrected chi connectivity index (χ3v) is 4.54. The maximum Gasteiger partial charge on any atom is 0.251 e. The van der Waals surface area contributed by atoms with E-state index in [1.165, 1.54) is 32.1 Å². The van der Waals surface area contributed by atoms with E-state index < -0.39 is 0 Å². The largest absolute Gasteiger partial charge is 0.351 e. The standard InChI is InChI=1S/C15H19BrClNO/c1-15(5-3-2-4-6-15)10-18-14(19)11-7-12(16)9-13(17)8-11/h7-9H,2-6,10H2,1H3,(H,18,19). The summed E-state index contributed by atoms with van der Waals surface area (Å²) in [5.74, 6) is -0.0463. The molecule has 0 aromatic heterocycles. The van der Waals surface area contributed by atoms with Crippen LogP contribution in [0.2, 0.25) is 5.02 Å².